The zero-order valence-corrected chi connectivity index (χ0v) is 14.7. The van der Waals surface area contributed by atoms with Crippen molar-refractivity contribution in [1.29, 1.82) is 0 Å². The van der Waals surface area contributed by atoms with Crippen LogP contribution in [0, 0.1) is 3.57 Å². The molecule has 1 unspecified atom stereocenters. The topological polar surface area (TPSA) is 47.1 Å². The molecule has 1 fully saturated rings. The fraction of sp³-hybridized carbons (Fsp3) is 0.562. The molecule has 0 spiro atoms. The van der Waals surface area contributed by atoms with Gasteiger partial charge in [-0.25, -0.2) is 4.98 Å². The molecule has 1 saturated heterocycles. The van der Waals surface area contributed by atoms with Crippen LogP contribution in [0.2, 0.25) is 0 Å². The van der Waals surface area contributed by atoms with Crippen LogP contribution in [-0.4, -0.2) is 33.6 Å². The predicted molar refractivity (Wildman–Crippen MR) is 96.4 cm³/mol. The summed E-state index contributed by atoms with van der Waals surface area (Å²) in [5.74, 6) is 0.638. The maximum Gasteiger partial charge on any atom is 0.201 e. The standard InChI is InChI=1S/C16H23IN4/c1-12-5-2-3-8-20(12)9-4-10-21-15-7-6-13(17)11-14(15)19-16(21)18/h6-7,11-12H,2-5,8-10H2,1H3,(H2,18,19). The van der Waals surface area contributed by atoms with Crippen molar-refractivity contribution in [3.63, 3.8) is 0 Å². The largest absolute Gasteiger partial charge is 0.369 e. The second kappa shape index (κ2) is 6.52. The van der Waals surface area contributed by atoms with Gasteiger partial charge in [0.25, 0.3) is 0 Å². The summed E-state index contributed by atoms with van der Waals surface area (Å²) >= 11 is 2.31. The Bertz CT molecular complexity index is 622. The first-order valence-electron chi connectivity index (χ1n) is 7.80. The number of rotatable bonds is 4. The molecule has 1 aromatic heterocycles. The molecule has 2 aromatic rings. The average molecular weight is 398 g/mol. The minimum Gasteiger partial charge on any atom is -0.369 e. The maximum atomic E-state index is 6.09. The number of fused-ring (bicyclic) bond motifs is 1. The lowest BCUT2D eigenvalue weighted by atomic mass is 10.0. The van der Waals surface area contributed by atoms with Gasteiger partial charge in [-0.2, -0.15) is 0 Å². The predicted octanol–water partition coefficient (Wildman–Crippen LogP) is 3.49. The van der Waals surface area contributed by atoms with Gasteiger partial charge in [0.2, 0.25) is 5.95 Å². The highest BCUT2D eigenvalue weighted by Crippen LogP contribution is 2.21. The van der Waals surface area contributed by atoms with E-state index in [4.69, 9.17) is 5.73 Å². The van der Waals surface area contributed by atoms with Crippen molar-refractivity contribution in [3.05, 3.63) is 21.8 Å². The summed E-state index contributed by atoms with van der Waals surface area (Å²) < 4.78 is 3.35. The number of hydrogen-bond donors (Lipinski definition) is 1. The molecular weight excluding hydrogens is 375 g/mol. The van der Waals surface area contributed by atoms with Crippen LogP contribution in [0.4, 0.5) is 5.95 Å². The second-order valence-electron chi connectivity index (χ2n) is 5.99. The Morgan fingerprint density at radius 2 is 2.19 bits per heavy atom. The molecule has 4 nitrogen and oxygen atoms in total. The number of imidazole rings is 1. The molecule has 2 N–H and O–H groups in total. The number of halogens is 1. The van der Waals surface area contributed by atoms with E-state index >= 15 is 0 Å². The van der Waals surface area contributed by atoms with Crippen molar-refractivity contribution in [2.75, 3.05) is 18.8 Å². The number of nitrogens with two attached hydrogens (primary N) is 1. The lowest BCUT2D eigenvalue weighted by molar-refractivity contribution is 0.157. The van der Waals surface area contributed by atoms with Crippen LogP contribution in [0.3, 0.4) is 0 Å². The molecule has 0 aliphatic carbocycles. The maximum absolute atomic E-state index is 6.09. The van der Waals surface area contributed by atoms with Gasteiger partial charge in [0.05, 0.1) is 11.0 Å². The molecule has 0 saturated carbocycles. The Morgan fingerprint density at radius 1 is 1.33 bits per heavy atom. The van der Waals surface area contributed by atoms with Crippen molar-refractivity contribution in [2.24, 2.45) is 0 Å². The van der Waals surface area contributed by atoms with E-state index in [1.165, 1.54) is 29.4 Å². The number of anilines is 1. The van der Waals surface area contributed by atoms with E-state index in [-0.39, 0.29) is 0 Å². The van der Waals surface area contributed by atoms with Crippen molar-refractivity contribution in [1.82, 2.24) is 14.5 Å². The van der Waals surface area contributed by atoms with E-state index in [1.807, 2.05) is 0 Å². The molecule has 0 radical (unpaired) electrons. The normalized spacial score (nSPS) is 20.2. The number of benzene rings is 1. The SMILES string of the molecule is CC1CCCCN1CCCn1c(N)nc2cc(I)ccc21. The Balaban J connectivity index is 1.66. The molecule has 1 atom stereocenters. The smallest absolute Gasteiger partial charge is 0.201 e. The van der Waals surface area contributed by atoms with Gasteiger partial charge < -0.3 is 15.2 Å². The first-order valence-corrected chi connectivity index (χ1v) is 8.88. The minimum absolute atomic E-state index is 0.638. The minimum atomic E-state index is 0.638. The number of nitrogens with zero attached hydrogens (tertiary/aromatic N) is 3. The number of nitrogen functional groups attached to an aromatic ring is 1. The lowest BCUT2D eigenvalue weighted by Gasteiger charge is -2.33. The summed E-state index contributed by atoms with van der Waals surface area (Å²) in [6, 6.07) is 7.07. The molecular formula is C16H23IN4. The first-order chi connectivity index (χ1) is 10.1. The summed E-state index contributed by atoms with van der Waals surface area (Å²) in [6.07, 6.45) is 5.20. The van der Waals surface area contributed by atoms with Crippen molar-refractivity contribution >= 4 is 39.6 Å². The third kappa shape index (κ3) is 3.34. The van der Waals surface area contributed by atoms with Gasteiger partial charge in [-0.3, -0.25) is 0 Å². The molecule has 114 valence electrons. The van der Waals surface area contributed by atoms with Gasteiger partial charge in [-0.1, -0.05) is 6.42 Å². The molecule has 2 heterocycles. The fourth-order valence-electron chi connectivity index (χ4n) is 3.28. The Morgan fingerprint density at radius 3 is 3.00 bits per heavy atom. The van der Waals surface area contributed by atoms with Crippen molar-refractivity contribution in [3.8, 4) is 0 Å². The van der Waals surface area contributed by atoms with Gasteiger partial charge >= 0.3 is 0 Å². The number of aryl methyl sites for hydroxylation is 1. The monoisotopic (exact) mass is 398 g/mol. The zero-order chi connectivity index (χ0) is 14.8. The molecule has 1 aliphatic rings. The van der Waals surface area contributed by atoms with Crippen molar-refractivity contribution < 1.29 is 0 Å². The Labute approximate surface area is 139 Å². The zero-order valence-electron chi connectivity index (χ0n) is 12.6. The lowest BCUT2D eigenvalue weighted by Crippen LogP contribution is -2.38. The van der Waals surface area contributed by atoms with E-state index in [0.29, 0.717) is 5.95 Å². The van der Waals surface area contributed by atoms with Gasteiger partial charge in [0, 0.05) is 22.7 Å². The molecule has 3 rings (SSSR count). The molecule has 5 heteroatoms. The van der Waals surface area contributed by atoms with Crippen LogP contribution in [-0.2, 0) is 6.54 Å². The van der Waals surface area contributed by atoms with Crippen LogP contribution in [0.15, 0.2) is 18.2 Å². The second-order valence-corrected chi connectivity index (χ2v) is 7.23. The fourth-order valence-corrected chi connectivity index (χ4v) is 3.75. The summed E-state index contributed by atoms with van der Waals surface area (Å²) in [5, 5.41) is 0. The average Bonchev–Trinajstić information content (AvgIpc) is 2.76. The van der Waals surface area contributed by atoms with E-state index in [2.05, 4.69) is 62.2 Å². The number of hydrogen-bond acceptors (Lipinski definition) is 3. The van der Waals surface area contributed by atoms with Gasteiger partial charge in [-0.15, -0.1) is 0 Å². The Hall–Kier alpha value is -0.820. The van der Waals surface area contributed by atoms with Gasteiger partial charge in [0.15, 0.2) is 0 Å². The molecule has 0 bridgehead atoms. The molecule has 1 aliphatic heterocycles. The van der Waals surface area contributed by atoms with Crippen LogP contribution in [0.1, 0.15) is 32.6 Å². The highest BCUT2D eigenvalue weighted by molar-refractivity contribution is 14.1. The summed E-state index contributed by atoms with van der Waals surface area (Å²) in [4.78, 5) is 7.09. The van der Waals surface area contributed by atoms with E-state index in [0.717, 1.165) is 36.6 Å². The Kier molecular flexibility index (Phi) is 4.69. The third-order valence-corrected chi connectivity index (χ3v) is 5.18. The molecule has 1 aromatic carbocycles. The third-order valence-electron chi connectivity index (χ3n) is 4.51. The van der Waals surface area contributed by atoms with Crippen molar-refractivity contribution in [2.45, 2.75) is 45.2 Å². The summed E-state index contributed by atoms with van der Waals surface area (Å²) in [5.41, 5.74) is 8.24. The van der Waals surface area contributed by atoms with Crippen LogP contribution < -0.4 is 5.73 Å². The highest BCUT2D eigenvalue weighted by Gasteiger charge is 2.17. The summed E-state index contributed by atoms with van der Waals surface area (Å²) in [6.45, 7) is 5.71. The number of aromatic nitrogens is 2. The quantitative estimate of drug-likeness (QED) is 0.803. The number of piperidine rings is 1. The van der Waals surface area contributed by atoms with Gasteiger partial charge in [0.1, 0.15) is 0 Å². The summed E-state index contributed by atoms with van der Waals surface area (Å²) in [7, 11) is 0. The van der Waals surface area contributed by atoms with E-state index < -0.39 is 0 Å². The first kappa shape index (κ1) is 15.1. The molecule has 0 amide bonds. The highest BCUT2D eigenvalue weighted by atomic mass is 127. The van der Waals surface area contributed by atoms with E-state index in [9.17, 15) is 0 Å². The number of likely N-dealkylation sites (tertiary alicyclic amines) is 1. The van der Waals surface area contributed by atoms with Gasteiger partial charge in [-0.05, 0) is 73.5 Å². The van der Waals surface area contributed by atoms with Crippen LogP contribution in [0.5, 0.6) is 0 Å². The van der Waals surface area contributed by atoms with Crippen LogP contribution >= 0.6 is 22.6 Å². The van der Waals surface area contributed by atoms with E-state index in [1.54, 1.807) is 0 Å². The van der Waals surface area contributed by atoms with Crippen LogP contribution in [0.25, 0.3) is 11.0 Å². The molecule has 21 heavy (non-hydrogen) atoms.